The Hall–Kier alpha value is -1.30. The molecule has 0 aliphatic carbocycles. The van der Waals surface area contributed by atoms with Crippen molar-refractivity contribution in [1.82, 2.24) is 5.32 Å². The molecule has 5 nitrogen and oxygen atoms in total. The molecular formula is C15H23NO4. The molecule has 5 heteroatoms. The molecule has 0 spiro atoms. The summed E-state index contributed by atoms with van der Waals surface area (Å²) in [5.41, 5.74) is 0.728. The number of aliphatic hydroxyl groups is 1. The van der Waals surface area contributed by atoms with E-state index in [0.717, 1.165) is 31.6 Å². The van der Waals surface area contributed by atoms with E-state index < -0.39 is 6.10 Å². The lowest BCUT2D eigenvalue weighted by molar-refractivity contribution is 0.103. The third-order valence-electron chi connectivity index (χ3n) is 3.53. The molecule has 1 heterocycles. The van der Waals surface area contributed by atoms with Crippen molar-refractivity contribution in [1.29, 1.82) is 0 Å². The second-order valence-electron chi connectivity index (χ2n) is 4.92. The molecule has 1 saturated heterocycles. The van der Waals surface area contributed by atoms with Crippen molar-refractivity contribution in [3.8, 4) is 11.5 Å². The number of benzene rings is 1. The van der Waals surface area contributed by atoms with Crippen LogP contribution in [0, 0.1) is 0 Å². The fourth-order valence-corrected chi connectivity index (χ4v) is 2.40. The van der Waals surface area contributed by atoms with Crippen LogP contribution in [-0.4, -0.2) is 45.1 Å². The Morgan fingerprint density at radius 2 is 2.25 bits per heavy atom. The van der Waals surface area contributed by atoms with Gasteiger partial charge in [0, 0.05) is 25.3 Å². The van der Waals surface area contributed by atoms with Gasteiger partial charge in [-0.05, 0) is 31.0 Å². The van der Waals surface area contributed by atoms with Crippen LogP contribution in [0.25, 0.3) is 0 Å². The zero-order valence-corrected chi connectivity index (χ0v) is 12.1. The van der Waals surface area contributed by atoms with Crippen molar-refractivity contribution in [2.75, 3.05) is 33.9 Å². The maximum atomic E-state index is 10.3. The quantitative estimate of drug-likeness (QED) is 0.793. The van der Waals surface area contributed by atoms with Gasteiger partial charge in [0.1, 0.15) is 11.5 Å². The molecule has 2 N–H and O–H groups in total. The third kappa shape index (κ3) is 3.85. The van der Waals surface area contributed by atoms with Crippen LogP contribution in [0.4, 0.5) is 0 Å². The van der Waals surface area contributed by atoms with Gasteiger partial charge in [-0.2, -0.15) is 0 Å². The minimum absolute atomic E-state index is 0.273. The van der Waals surface area contributed by atoms with Crippen LogP contribution in [0.2, 0.25) is 0 Å². The molecule has 0 bridgehead atoms. The predicted octanol–water partition coefficient (Wildman–Crippen LogP) is 1.51. The summed E-state index contributed by atoms with van der Waals surface area (Å²) in [4.78, 5) is 0. The Morgan fingerprint density at radius 3 is 2.90 bits per heavy atom. The van der Waals surface area contributed by atoms with Crippen molar-refractivity contribution in [2.45, 2.75) is 25.0 Å². The SMILES string of the molecule is COc1ccc(OC)c(C(O)CNCC2CCCO2)c1. The van der Waals surface area contributed by atoms with Gasteiger partial charge in [0.25, 0.3) is 0 Å². The summed E-state index contributed by atoms with van der Waals surface area (Å²) in [5, 5.41) is 13.5. The second kappa shape index (κ2) is 7.47. The van der Waals surface area contributed by atoms with Crippen LogP contribution < -0.4 is 14.8 Å². The molecule has 0 aromatic heterocycles. The number of ether oxygens (including phenoxy) is 3. The van der Waals surface area contributed by atoms with Gasteiger partial charge >= 0.3 is 0 Å². The van der Waals surface area contributed by atoms with Gasteiger partial charge in [-0.3, -0.25) is 0 Å². The van der Waals surface area contributed by atoms with E-state index in [1.54, 1.807) is 26.4 Å². The van der Waals surface area contributed by atoms with Crippen LogP contribution in [0.15, 0.2) is 18.2 Å². The molecule has 1 aliphatic rings. The normalized spacial score (nSPS) is 19.9. The summed E-state index contributed by atoms with van der Waals surface area (Å²) in [6.07, 6.45) is 1.85. The molecule has 1 aromatic rings. The van der Waals surface area contributed by atoms with Gasteiger partial charge in [0.15, 0.2) is 0 Å². The summed E-state index contributed by atoms with van der Waals surface area (Å²) >= 11 is 0. The smallest absolute Gasteiger partial charge is 0.124 e. The van der Waals surface area contributed by atoms with Crippen molar-refractivity contribution < 1.29 is 19.3 Å². The molecular weight excluding hydrogens is 258 g/mol. The predicted molar refractivity (Wildman–Crippen MR) is 76.3 cm³/mol. The molecule has 0 amide bonds. The average molecular weight is 281 g/mol. The van der Waals surface area contributed by atoms with Crippen molar-refractivity contribution in [2.24, 2.45) is 0 Å². The third-order valence-corrected chi connectivity index (χ3v) is 3.53. The van der Waals surface area contributed by atoms with E-state index in [2.05, 4.69) is 5.32 Å². The van der Waals surface area contributed by atoms with Gasteiger partial charge in [-0.1, -0.05) is 0 Å². The Balaban J connectivity index is 1.91. The summed E-state index contributed by atoms with van der Waals surface area (Å²) in [7, 11) is 3.20. The average Bonchev–Trinajstić information content (AvgIpc) is 2.99. The highest BCUT2D eigenvalue weighted by Gasteiger charge is 2.17. The lowest BCUT2D eigenvalue weighted by Gasteiger charge is -2.17. The Morgan fingerprint density at radius 1 is 1.40 bits per heavy atom. The maximum Gasteiger partial charge on any atom is 0.124 e. The van der Waals surface area contributed by atoms with Crippen LogP contribution in [0.3, 0.4) is 0 Å². The summed E-state index contributed by atoms with van der Waals surface area (Å²) in [5.74, 6) is 1.37. The van der Waals surface area contributed by atoms with E-state index in [4.69, 9.17) is 14.2 Å². The van der Waals surface area contributed by atoms with Gasteiger partial charge in [-0.15, -0.1) is 0 Å². The van der Waals surface area contributed by atoms with E-state index in [0.29, 0.717) is 18.0 Å². The monoisotopic (exact) mass is 281 g/mol. The molecule has 112 valence electrons. The topological polar surface area (TPSA) is 60.0 Å². The van der Waals surface area contributed by atoms with Crippen LogP contribution in [-0.2, 0) is 4.74 Å². The van der Waals surface area contributed by atoms with Crippen molar-refractivity contribution >= 4 is 0 Å². The molecule has 0 radical (unpaired) electrons. The summed E-state index contributed by atoms with van der Waals surface area (Å²) in [6.45, 7) is 2.07. The molecule has 2 atom stereocenters. The van der Waals surface area contributed by atoms with E-state index in [1.807, 2.05) is 6.07 Å². The minimum Gasteiger partial charge on any atom is -0.497 e. The van der Waals surface area contributed by atoms with Crippen LogP contribution in [0.5, 0.6) is 11.5 Å². The number of nitrogens with one attached hydrogen (secondary N) is 1. The fraction of sp³-hybridized carbons (Fsp3) is 0.600. The van der Waals surface area contributed by atoms with E-state index in [-0.39, 0.29) is 6.10 Å². The van der Waals surface area contributed by atoms with E-state index >= 15 is 0 Å². The maximum absolute atomic E-state index is 10.3. The zero-order valence-electron chi connectivity index (χ0n) is 12.1. The van der Waals surface area contributed by atoms with Gasteiger partial charge in [-0.25, -0.2) is 0 Å². The second-order valence-corrected chi connectivity index (χ2v) is 4.92. The molecule has 1 aliphatic heterocycles. The first-order valence-corrected chi connectivity index (χ1v) is 6.97. The molecule has 20 heavy (non-hydrogen) atoms. The number of aliphatic hydroxyl groups excluding tert-OH is 1. The van der Waals surface area contributed by atoms with E-state index in [1.165, 1.54) is 0 Å². The standard InChI is InChI=1S/C15H23NO4/c1-18-11-5-6-15(19-2)13(8-11)14(17)10-16-9-12-4-3-7-20-12/h5-6,8,12,14,16-17H,3-4,7,9-10H2,1-2H3. The summed E-state index contributed by atoms with van der Waals surface area (Å²) in [6, 6.07) is 5.42. The fourth-order valence-electron chi connectivity index (χ4n) is 2.40. The number of hydrogen-bond donors (Lipinski definition) is 2. The molecule has 1 aromatic carbocycles. The number of hydrogen-bond acceptors (Lipinski definition) is 5. The van der Waals surface area contributed by atoms with Gasteiger partial charge < -0.3 is 24.6 Å². The largest absolute Gasteiger partial charge is 0.497 e. The molecule has 2 rings (SSSR count). The van der Waals surface area contributed by atoms with Gasteiger partial charge in [0.2, 0.25) is 0 Å². The first-order valence-electron chi connectivity index (χ1n) is 6.97. The highest BCUT2D eigenvalue weighted by molar-refractivity contribution is 5.41. The lowest BCUT2D eigenvalue weighted by Crippen LogP contribution is -2.30. The number of rotatable bonds is 7. The number of methoxy groups -OCH3 is 2. The molecule has 2 unspecified atom stereocenters. The van der Waals surface area contributed by atoms with Gasteiger partial charge in [0.05, 0.1) is 26.4 Å². The Kier molecular flexibility index (Phi) is 5.64. The van der Waals surface area contributed by atoms with E-state index in [9.17, 15) is 5.11 Å². The molecule has 1 fully saturated rings. The molecule has 0 saturated carbocycles. The van der Waals surface area contributed by atoms with Crippen molar-refractivity contribution in [3.05, 3.63) is 23.8 Å². The summed E-state index contributed by atoms with van der Waals surface area (Å²) < 4.78 is 16.0. The first-order chi connectivity index (χ1) is 9.74. The van der Waals surface area contributed by atoms with Crippen LogP contribution >= 0.6 is 0 Å². The first kappa shape index (κ1) is 15.1. The minimum atomic E-state index is -0.638. The lowest BCUT2D eigenvalue weighted by atomic mass is 10.1. The Bertz CT molecular complexity index is 418. The van der Waals surface area contributed by atoms with Crippen LogP contribution in [0.1, 0.15) is 24.5 Å². The zero-order chi connectivity index (χ0) is 14.4. The van der Waals surface area contributed by atoms with Crippen molar-refractivity contribution in [3.63, 3.8) is 0 Å². The highest BCUT2D eigenvalue weighted by atomic mass is 16.5. The Labute approximate surface area is 119 Å². The highest BCUT2D eigenvalue weighted by Crippen LogP contribution is 2.29.